The van der Waals surface area contributed by atoms with Gasteiger partial charge in [0.25, 0.3) is 5.91 Å². The molecule has 0 bridgehead atoms. The second-order valence-corrected chi connectivity index (χ2v) is 4.15. The molecule has 0 aliphatic rings. The molecule has 0 aromatic rings. The molecule has 0 saturated heterocycles. The molecule has 0 unspecified atom stereocenters. The number of thioether (sulfide) groups is 1. The van der Waals surface area contributed by atoms with Gasteiger partial charge >= 0.3 is 0 Å². The molecule has 0 heterocycles. The van der Waals surface area contributed by atoms with Crippen LogP contribution in [0.5, 0.6) is 0 Å². The molecule has 0 rings (SSSR count). The fourth-order valence-corrected chi connectivity index (χ4v) is 1.07. The van der Waals surface area contributed by atoms with Gasteiger partial charge in [-0.05, 0) is 32.3 Å². The first kappa shape index (κ1) is 11.8. The maximum absolute atomic E-state index is 11.1. The zero-order valence-corrected chi connectivity index (χ0v) is 8.70. The predicted molar refractivity (Wildman–Crippen MR) is 52.3 cm³/mol. The molecule has 72 valence electrons. The minimum Gasteiger partial charge on any atom is -0.381 e. The third kappa shape index (κ3) is 5.43. The molecule has 0 aromatic heterocycles. The number of carbonyl (C=O) groups excluding carboxylic acids is 1. The maximum Gasteiger partial charge on any atom is 0.251 e. The molecule has 0 radical (unpaired) electrons. The summed E-state index contributed by atoms with van der Waals surface area (Å²) in [5.74, 6) is 0.732. The van der Waals surface area contributed by atoms with Gasteiger partial charge in [-0.25, -0.2) is 0 Å². The van der Waals surface area contributed by atoms with Gasteiger partial charge < -0.3 is 10.4 Å². The Morgan fingerprint density at radius 2 is 2.17 bits per heavy atom. The molecule has 12 heavy (non-hydrogen) atoms. The van der Waals surface area contributed by atoms with Crippen LogP contribution >= 0.6 is 11.8 Å². The summed E-state index contributed by atoms with van der Waals surface area (Å²) in [6, 6.07) is 0. The lowest BCUT2D eigenvalue weighted by Gasteiger charge is -2.16. The van der Waals surface area contributed by atoms with Crippen LogP contribution in [-0.4, -0.2) is 35.2 Å². The summed E-state index contributed by atoms with van der Waals surface area (Å²) >= 11 is 1.75. The number of hydrogen-bond donors (Lipinski definition) is 2. The van der Waals surface area contributed by atoms with Crippen molar-refractivity contribution in [3.63, 3.8) is 0 Å². The normalized spacial score (nSPS) is 11.3. The van der Waals surface area contributed by atoms with E-state index in [0.717, 1.165) is 12.2 Å². The maximum atomic E-state index is 11.1. The van der Waals surface area contributed by atoms with E-state index in [0.29, 0.717) is 6.54 Å². The van der Waals surface area contributed by atoms with E-state index in [1.807, 2.05) is 6.26 Å². The number of rotatable bonds is 5. The Balaban J connectivity index is 3.45. The van der Waals surface area contributed by atoms with Crippen LogP contribution in [0.25, 0.3) is 0 Å². The summed E-state index contributed by atoms with van der Waals surface area (Å²) < 4.78 is 0. The van der Waals surface area contributed by atoms with E-state index in [1.54, 1.807) is 11.8 Å². The van der Waals surface area contributed by atoms with Crippen molar-refractivity contribution in [3.8, 4) is 0 Å². The van der Waals surface area contributed by atoms with Crippen LogP contribution in [0.15, 0.2) is 0 Å². The Labute approximate surface area is 77.9 Å². The van der Waals surface area contributed by atoms with Crippen LogP contribution in [0.2, 0.25) is 0 Å². The summed E-state index contributed by atoms with van der Waals surface area (Å²) in [4.78, 5) is 11.1. The van der Waals surface area contributed by atoms with E-state index in [9.17, 15) is 9.90 Å². The summed E-state index contributed by atoms with van der Waals surface area (Å²) in [5.41, 5.74) is -1.25. The van der Waals surface area contributed by atoms with Gasteiger partial charge in [0.2, 0.25) is 0 Å². The molecule has 0 fully saturated rings. The molecule has 0 aliphatic carbocycles. The van der Waals surface area contributed by atoms with Crippen LogP contribution in [0, 0.1) is 0 Å². The second kappa shape index (κ2) is 5.43. The molecule has 2 N–H and O–H groups in total. The highest BCUT2D eigenvalue weighted by molar-refractivity contribution is 7.98. The van der Waals surface area contributed by atoms with Crippen molar-refractivity contribution in [2.24, 2.45) is 0 Å². The van der Waals surface area contributed by atoms with E-state index in [-0.39, 0.29) is 5.91 Å². The zero-order valence-electron chi connectivity index (χ0n) is 7.89. The van der Waals surface area contributed by atoms with Gasteiger partial charge in [-0.1, -0.05) is 0 Å². The fraction of sp³-hybridized carbons (Fsp3) is 0.875. The van der Waals surface area contributed by atoms with Crippen molar-refractivity contribution >= 4 is 17.7 Å². The van der Waals surface area contributed by atoms with Gasteiger partial charge in [-0.3, -0.25) is 4.79 Å². The Morgan fingerprint density at radius 1 is 1.58 bits per heavy atom. The van der Waals surface area contributed by atoms with E-state index >= 15 is 0 Å². The number of nitrogens with one attached hydrogen (secondary N) is 1. The van der Waals surface area contributed by atoms with Gasteiger partial charge in [0.1, 0.15) is 5.60 Å². The first-order valence-electron chi connectivity index (χ1n) is 3.98. The third-order valence-electron chi connectivity index (χ3n) is 1.37. The lowest BCUT2D eigenvalue weighted by molar-refractivity contribution is -0.136. The average molecular weight is 191 g/mol. The number of aliphatic hydroxyl groups is 1. The smallest absolute Gasteiger partial charge is 0.251 e. The molecule has 1 amide bonds. The second-order valence-electron chi connectivity index (χ2n) is 3.16. The molecular weight excluding hydrogens is 174 g/mol. The lowest BCUT2D eigenvalue weighted by atomic mass is 10.1. The molecule has 0 atom stereocenters. The molecule has 0 spiro atoms. The Bertz CT molecular complexity index is 142. The number of carbonyl (C=O) groups is 1. The molecular formula is C8H17NO2S. The molecule has 0 aliphatic heterocycles. The third-order valence-corrected chi connectivity index (χ3v) is 2.06. The highest BCUT2D eigenvalue weighted by Gasteiger charge is 2.22. The Kier molecular flexibility index (Phi) is 5.33. The topological polar surface area (TPSA) is 49.3 Å². The Morgan fingerprint density at radius 3 is 2.58 bits per heavy atom. The molecule has 4 heteroatoms. The lowest BCUT2D eigenvalue weighted by Crippen LogP contribution is -2.42. The largest absolute Gasteiger partial charge is 0.381 e. The van der Waals surface area contributed by atoms with E-state index in [4.69, 9.17) is 0 Å². The van der Waals surface area contributed by atoms with Crippen molar-refractivity contribution in [3.05, 3.63) is 0 Å². The first-order chi connectivity index (χ1) is 5.48. The van der Waals surface area contributed by atoms with Crippen LogP contribution in [0.1, 0.15) is 20.3 Å². The van der Waals surface area contributed by atoms with Crippen molar-refractivity contribution < 1.29 is 9.90 Å². The number of hydrogen-bond acceptors (Lipinski definition) is 3. The van der Waals surface area contributed by atoms with Crippen molar-refractivity contribution in [2.75, 3.05) is 18.6 Å². The van der Waals surface area contributed by atoms with Crippen molar-refractivity contribution in [1.29, 1.82) is 0 Å². The molecule has 0 saturated carbocycles. The standard InChI is InChI=1S/C8H17NO2S/c1-8(2,11)7(10)9-5-4-6-12-3/h11H,4-6H2,1-3H3,(H,9,10). The summed E-state index contributed by atoms with van der Waals surface area (Å²) in [7, 11) is 0. The van der Waals surface area contributed by atoms with Crippen molar-refractivity contribution in [1.82, 2.24) is 5.32 Å². The molecule has 0 aromatic carbocycles. The van der Waals surface area contributed by atoms with Gasteiger partial charge in [-0.15, -0.1) is 0 Å². The van der Waals surface area contributed by atoms with Crippen LogP contribution < -0.4 is 5.32 Å². The van der Waals surface area contributed by atoms with Gasteiger partial charge in [0, 0.05) is 6.54 Å². The highest BCUT2D eigenvalue weighted by Crippen LogP contribution is 2.00. The van der Waals surface area contributed by atoms with Crippen LogP contribution in [0.4, 0.5) is 0 Å². The van der Waals surface area contributed by atoms with Gasteiger partial charge in [0.15, 0.2) is 0 Å². The molecule has 3 nitrogen and oxygen atoms in total. The highest BCUT2D eigenvalue weighted by atomic mass is 32.2. The summed E-state index contributed by atoms with van der Waals surface area (Å²) in [5, 5.41) is 11.9. The average Bonchev–Trinajstić information content (AvgIpc) is 1.96. The zero-order chi connectivity index (χ0) is 9.61. The monoisotopic (exact) mass is 191 g/mol. The van der Waals surface area contributed by atoms with E-state index < -0.39 is 5.60 Å². The summed E-state index contributed by atoms with van der Waals surface area (Å²) in [6.45, 7) is 3.61. The van der Waals surface area contributed by atoms with Gasteiger partial charge in [0.05, 0.1) is 0 Å². The van der Waals surface area contributed by atoms with Crippen LogP contribution in [-0.2, 0) is 4.79 Å². The fourth-order valence-electron chi connectivity index (χ4n) is 0.635. The number of amides is 1. The van der Waals surface area contributed by atoms with E-state index in [1.165, 1.54) is 13.8 Å². The minimum atomic E-state index is -1.25. The van der Waals surface area contributed by atoms with Crippen LogP contribution in [0.3, 0.4) is 0 Å². The predicted octanol–water partition coefficient (Wildman–Crippen LogP) is 0.627. The quantitative estimate of drug-likeness (QED) is 0.627. The first-order valence-corrected chi connectivity index (χ1v) is 5.37. The van der Waals surface area contributed by atoms with Gasteiger partial charge in [-0.2, -0.15) is 11.8 Å². The Hall–Kier alpha value is -0.220. The SMILES string of the molecule is CSCCCNC(=O)C(C)(C)O. The van der Waals surface area contributed by atoms with Crippen molar-refractivity contribution in [2.45, 2.75) is 25.9 Å². The van der Waals surface area contributed by atoms with E-state index in [2.05, 4.69) is 5.32 Å². The summed E-state index contributed by atoms with van der Waals surface area (Å²) in [6.07, 6.45) is 2.97. The minimum absolute atomic E-state index is 0.302.